The SMILES string of the molecule is CCNC(=NCc1scnc1C)NCC(C)(C)OC.I. The van der Waals surface area contributed by atoms with Gasteiger partial charge in [0.2, 0.25) is 0 Å². The van der Waals surface area contributed by atoms with Crippen molar-refractivity contribution in [3.63, 3.8) is 0 Å². The molecule has 0 spiro atoms. The number of guanidine groups is 1. The van der Waals surface area contributed by atoms with Crippen LogP contribution in [0.25, 0.3) is 0 Å². The molecule has 1 aromatic heterocycles. The number of aryl methyl sites for hydroxylation is 1. The molecular weight excluding hydrogens is 387 g/mol. The monoisotopic (exact) mass is 412 g/mol. The van der Waals surface area contributed by atoms with E-state index in [1.807, 2.05) is 26.3 Å². The van der Waals surface area contributed by atoms with Crippen LogP contribution in [0, 0.1) is 6.92 Å². The van der Waals surface area contributed by atoms with Crippen LogP contribution in [0.2, 0.25) is 0 Å². The van der Waals surface area contributed by atoms with Gasteiger partial charge >= 0.3 is 0 Å². The number of aromatic nitrogens is 1. The Balaban J connectivity index is 0.00000361. The molecule has 0 aliphatic rings. The van der Waals surface area contributed by atoms with Crippen molar-refractivity contribution in [3.05, 3.63) is 16.1 Å². The van der Waals surface area contributed by atoms with Crippen LogP contribution in [0.4, 0.5) is 0 Å². The minimum Gasteiger partial charge on any atom is -0.377 e. The molecule has 1 aromatic rings. The van der Waals surface area contributed by atoms with Crippen molar-refractivity contribution in [3.8, 4) is 0 Å². The summed E-state index contributed by atoms with van der Waals surface area (Å²) < 4.78 is 5.38. The second-order valence-electron chi connectivity index (χ2n) is 4.87. The minimum atomic E-state index is -0.212. The average molecular weight is 412 g/mol. The number of thiazole rings is 1. The Labute approximate surface area is 142 Å². The molecule has 20 heavy (non-hydrogen) atoms. The van der Waals surface area contributed by atoms with Gasteiger partial charge in [0.1, 0.15) is 0 Å². The van der Waals surface area contributed by atoms with E-state index in [9.17, 15) is 0 Å². The molecule has 0 radical (unpaired) electrons. The van der Waals surface area contributed by atoms with E-state index in [2.05, 4.69) is 27.5 Å². The summed E-state index contributed by atoms with van der Waals surface area (Å²) in [6, 6.07) is 0. The molecule has 0 aliphatic heterocycles. The highest BCUT2D eigenvalue weighted by Gasteiger charge is 2.16. The lowest BCUT2D eigenvalue weighted by Gasteiger charge is -2.24. The molecule has 0 bridgehead atoms. The zero-order valence-corrected chi connectivity index (χ0v) is 16.0. The quantitative estimate of drug-likeness (QED) is 0.429. The number of hydrogen-bond donors (Lipinski definition) is 2. The number of halogens is 1. The van der Waals surface area contributed by atoms with E-state index >= 15 is 0 Å². The van der Waals surface area contributed by atoms with Crippen molar-refractivity contribution in [2.45, 2.75) is 39.8 Å². The molecule has 0 aliphatic carbocycles. The zero-order valence-electron chi connectivity index (χ0n) is 12.8. The van der Waals surface area contributed by atoms with Gasteiger partial charge < -0.3 is 15.4 Å². The second-order valence-corrected chi connectivity index (χ2v) is 5.81. The average Bonchev–Trinajstić information content (AvgIpc) is 2.78. The fourth-order valence-corrected chi connectivity index (χ4v) is 2.04. The van der Waals surface area contributed by atoms with Crippen LogP contribution in [-0.2, 0) is 11.3 Å². The first-order chi connectivity index (χ1) is 8.98. The van der Waals surface area contributed by atoms with Crippen LogP contribution in [-0.4, -0.2) is 36.7 Å². The number of methoxy groups -OCH3 is 1. The van der Waals surface area contributed by atoms with E-state index in [-0.39, 0.29) is 29.6 Å². The third-order valence-electron chi connectivity index (χ3n) is 2.80. The lowest BCUT2D eigenvalue weighted by Crippen LogP contribution is -2.45. The van der Waals surface area contributed by atoms with Gasteiger partial charge in [-0.3, -0.25) is 0 Å². The van der Waals surface area contributed by atoms with E-state index in [1.165, 1.54) is 4.88 Å². The summed E-state index contributed by atoms with van der Waals surface area (Å²) in [7, 11) is 1.71. The lowest BCUT2D eigenvalue weighted by molar-refractivity contribution is 0.0268. The molecule has 0 saturated heterocycles. The summed E-state index contributed by atoms with van der Waals surface area (Å²) in [6.45, 7) is 10.3. The summed E-state index contributed by atoms with van der Waals surface area (Å²) in [4.78, 5) is 9.99. The van der Waals surface area contributed by atoms with Crippen LogP contribution in [0.5, 0.6) is 0 Å². The maximum atomic E-state index is 5.38. The van der Waals surface area contributed by atoms with Crippen LogP contribution in [0.1, 0.15) is 31.3 Å². The molecule has 0 unspecified atom stereocenters. The summed E-state index contributed by atoms with van der Waals surface area (Å²) in [6.07, 6.45) is 0. The number of ether oxygens (including phenoxy) is 1. The molecule has 0 atom stereocenters. The maximum absolute atomic E-state index is 5.38. The van der Waals surface area contributed by atoms with E-state index in [1.54, 1.807) is 18.4 Å². The Hall–Kier alpha value is -0.410. The summed E-state index contributed by atoms with van der Waals surface area (Å²) >= 11 is 1.64. The molecule has 0 saturated carbocycles. The van der Waals surface area contributed by atoms with Gasteiger partial charge in [-0.25, -0.2) is 9.98 Å². The molecule has 116 valence electrons. The van der Waals surface area contributed by atoms with E-state index in [0.29, 0.717) is 13.1 Å². The van der Waals surface area contributed by atoms with Gasteiger partial charge in [0, 0.05) is 25.1 Å². The third kappa shape index (κ3) is 6.85. The molecule has 0 aromatic carbocycles. The van der Waals surface area contributed by atoms with E-state index in [0.717, 1.165) is 18.2 Å². The maximum Gasteiger partial charge on any atom is 0.191 e. The van der Waals surface area contributed by atoms with Crippen LogP contribution in [0.15, 0.2) is 10.5 Å². The van der Waals surface area contributed by atoms with Crippen LogP contribution >= 0.6 is 35.3 Å². The van der Waals surface area contributed by atoms with Crippen molar-refractivity contribution in [2.24, 2.45) is 4.99 Å². The number of nitrogens with zero attached hydrogens (tertiary/aromatic N) is 2. The smallest absolute Gasteiger partial charge is 0.191 e. The molecule has 1 heterocycles. The van der Waals surface area contributed by atoms with Gasteiger partial charge in [-0.05, 0) is 27.7 Å². The number of nitrogens with one attached hydrogen (secondary N) is 2. The first-order valence-electron chi connectivity index (χ1n) is 6.45. The Bertz CT molecular complexity index is 420. The normalized spacial score (nSPS) is 11.9. The predicted molar refractivity (Wildman–Crippen MR) is 96.2 cm³/mol. The summed E-state index contributed by atoms with van der Waals surface area (Å²) in [5.41, 5.74) is 2.70. The van der Waals surface area contributed by atoms with Gasteiger partial charge in [-0.2, -0.15) is 0 Å². The molecule has 1 rings (SSSR count). The third-order valence-corrected chi connectivity index (χ3v) is 3.72. The van der Waals surface area contributed by atoms with Gasteiger partial charge in [0.05, 0.1) is 23.4 Å². The van der Waals surface area contributed by atoms with E-state index in [4.69, 9.17) is 4.74 Å². The largest absolute Gasteiger partial charge is 0.377 e. The van der Waals surface area contributed by atoms with E-state index < -0.39 is 0 Å². The topological polar surface area (TPSA) is 58.5 Å². The predicted octanol–water partition coefficient (Wildman–Crippen LogP) is 2.55. The Morgan fingerprint density at radius 3 is 2.65 bits per heavy atom. The van der Waals surface area contributed by atoms with Crippen molar-refractivity contribution in [2.75, 3.05) is 20.2 Å². The highest BCUT2D eigenvalue weighted by molar-refractivity contribution is 14.0. The summed E-state index contributed by atoms with van der Waals surface area (Å²) in [5, 5.41) is 6.52. The van der Waals surface area contributed by atoms with Crippen molar-refractivity contribution in [1.82, 2.24) is 15.6 Å². The summed E-state index contributed by atoms with van der Waals surface area (Å²) in [5.74, 6) is 0.806. The van der Waals surface area contributed by atoms with Crippen molar-refractivity contribution >= 4 is 41.3 Å². The fourth-order valence-electron chi connectivity index (χ4n) is 1.34. The van der Waals surface area contributed by atoms with Gasteiger partial charge in [0.25, 0.3) is 0 Å². The van der Waals surface area contributed by atoms with Crippen molar-refractivity contribution < 1.29 is 4.74 Å². The lowest BCUT2D eigenvalue weighted by atomic mass is 10.1. The molecule has 0 fully saturated rings. The Morgan fingerprint density at radius 1 is 1.45 bits per heavy atom. The molecule has 2 N–H and O–H groups in total. The van der Waals surface area contributed by atoms with Gasteiger partial charge in [-0.1, -0.05) is 0 Å². The molecule has 0 amide bonds. The number of aliphatic imine (C=N–C) groups is 1. The molecule has 7 heteroatoms. The second kappa shape index (κ2) is 9.51. The first-order valence-corrected chi connectivity index (χ1v) is 7.32. The zero-order chi connectivity index (χ0) is 14.3. The Kier molecular flexibility index (Phi) is 9.32. The first kappa shape index (κ1) is 19.6. The highest BCUT2D eigenvalue weighted by Crippen LogP contribution is 2.13. The van der Waals surface area contributed by atoms with Crippen LogP contribution < -0.4 is 10.6 Å². The van der Waals surface area contributed by atoms with Gasteiger partial charge in [0.15, 0.2) is 5.96 Å². The fraction of sp³-hybridized carbons (Fsp3) is 0.692. The standard InChI is InChI=1S/C13H24N4OS.HI/c1-6-14-12(16-8-13(3,4)18-5)15-7-11-10(2)17-9-19-11;/h9H,6-8H2,1-5H3,(H2,14,15,16);1H. The highest BCUT2D eigenvalue weighted by atomic mass is 127. The number of hydrogen-bond acceptors (Lipinski definition) is 4. The van der Waals surface area contributed by atoms with Crippen LogP contribution in [0.3, 0.4) is 0 Å². The number of rotatable bonds is 6. The Morgan fingerprint density at radius 2 is 2.15 bits per heavy atom. The molecular formula is C13H25IN4OS. The molecule has 5 nitrogen and oxygen atoms in total. The van der Waals surface area contributed by atoms with Crippen molar-refractivity contribution in [1.29, 1.82) is 0 Å². The minimum absolute atomic E-state index is 0. The van der Waals surface area contributed by atoms with Gasteiger partial charge in [-0.15, -0.1) is 35.3 Å².